The predicted octanol–water partition coefficient (Wildman–Crippen LogP) is 2.03. The van der Waals surface area contributed by atoms with Gasteiger partial charge in [-0.25, -0.2) is 0 Å². The smallest absolute Gasteiger partial charge is 0.268 e. The summed E-state index contributed by atoms with van der Waals surface area (Å²) in [6.45, 7) is 2.84. The quantitative estimate of drug-likeness (QED) is 0.794. The van der Waals surface area contributed by atoms with Gasteiger partial charge in [-0.2, -0.15) is 0 Å². The van der Waals surface area contributed by atoms with Gasteiger partial charge in [0, 0.05) is 0 Å². The Morgan fingerprint density at radius 3 is 2.32 bits per heavy atom. The van der Waals surface area contributed by atoms with Crippen LogP contribution in [0.3, 0.4) is 0 Å². The van der Waals surface area contributed by atoms with E-state index in [9.17, 15) is 19.2 Å². The lowest BCUT2D eigenvalue weighted by Gasteiger charge is -2.32. The molecule has 2 aliphatic heterocycles. The number of hydrogen-bond donors (Lipinski definition) is 2. The predicted molar refractivity (Wildman–Crippen MR) is 100 cm³/mol. The molecule has 2 heterocycles. The van der Waals surface area contributed by atoms with Crippen LogP contribution in [0.5, 0.6) is 5.75 Å². The van der Waals surface area contributed by atoms with Crippen LogP contribution in [0.2, 0.25) is 0 Å². The van der Waals surface area contributed by atoms with E-state index in [4.69, 9.17) is 4.74 Å². The number of imide groups is 1. The van der Waals surface area contributed by atoms with Crippen LogP contribution in [0.1, 0.15) is 34.6 Å². The van der Waals surface area contributed by atoms with Crippen molar-refractivity contribution in [3.8, 4) is 5.75 Å². The Kier molecular flexibility index (Phi) is 3.92. The molecule has 8 nitrogen and oxygen atoms in total. The first-order valence-electron chi connectivity index (χ1n) is 8.66. The normalized spacial score (nSPS) is 16.8. The van der Waals surface area contributed by atoms with E-state index in [1.165, 1.54) is 0 Å². The van der Waals surface area contributed by atoms with Crippen molar-refractivity contribution in [2.45, 2.75) is 19.4 Å². The minimum Gasteiger partial charge on any atom is -0.476 e. The second-order valence-corrected chi connectivity index (χ2v) is 7.04. The zero-order valence-electron chi connectivity index (χ0n) is 15.2. The SMILES string of the molecule is CC1(C)Oc2cccc(NC(=O)CN3C(=O)c4ccccc4C3=O)c2NC1=O. The number of ether oxygens (including phenoxy) is 1. The van der Waals surface area contributed by atoms with Gasteiger partial charge in [-0.3, -0.25) is 24.1 Å². The Labute approximate surface area is 160 Å². The average molecular weight is 379 g/mol. The molecule has 0 saturated carbocycles. The summed E-state index contributed by atoms with van der Waals surface area (Å²) in [6.07, 6.45) is 0. The number of fused-ring (bicyclic) bond motifs is 2. The van der Waals surface area contributed by atoms with Gasteiger partial charge in [0.1, 0.15) is 18.0 Å². The number of hydrogen-bond acceptors (Lipinski definition) is 5. The van der Waals surface area contributed by atoms with Gasteiger partial charge in [-0.15, -0.1) is 0 Å². The molecule has 2 aliphatic rings. The number of rotatable bonds is 3. The third-order valence-corrected chi connectivity index (χ3v) is 4.63. The molecule has 0 saturated heterocycles. The molecular formula is C20H17N3O5. The fraction of sp³-hybridized carbons (Fsp3) is 0.200. The number of anilines is 2. The Bertz CT molecular complexity index is 1010. The summed E-state index contributed by atoms with van der Waals surface area (Å²) >= 11 is 0. The Balaban J connectivity index is 1.53. The highest BCUT2D eigenvalue weighted by Gasteiger charge is 2.38. The minimum absolute atomic E-state index is 0.278. The van der Waals surface area contributed by atoms with Crippen molar-refractivity contribution in [1.29, 1.82) is 0 Å². The second kappa shape index (κ2) is 6.19. The highest BCUT2D eigenvalue weighted by Crippen LogP contribution is 2.38. The zero-order chi connectivity index (χ0) is 20.1. The summed E-state index contributed by atoms with van der Waals surface area (Å²) < 4.78 is 5.68. The molecule has 0 unspecified atom stereocenters. The fourth-order valence-corrected chi connectivity index (χ4v) is 3.15. The van der Waals surface area contributed by atoms with Crippen LogP contribution >= 0.6 is 0 Å². The Morgan fingerprint density at radius 2 is 1.68 bits per heavy atom. The first kappa shape index (κ1) is 17.7. The number of para-hydroxylation sites is 1. The highest BCUT2D eigenvalue weighted by atomic mass is 16.5. The molecule has 0 atom stereocenters. The molecule has 2 aromatic rings. The molecule has 2 aromatic carbocycles. The maximum Gasteiger partial charge on any atom is 0.268 e. The van der Waals surface area contributed by atoms with Gasteiger partial charge in [0.2, 0.25) is 5.91 Å². The number of nitrogens with one attached hydrogen (secondary N) is 2. The molecular weight excluding hydrogens is 362 g/mol. The van der Waals surface area contributed by atoms with E-state index in [1.54, 1.807) is 56.3 Å². The second-order valence-electron chi connectivity index (χ2n) is 7.04. The standard InChI is InChI=1S/C20H17N3O5/c1-20(2)19(27)22-16-13(8-5-9-14(16)28-20)21-15(24)10-23-17(25)11-6-3-4-7-12(11)18(23)26/h3-9H,10H2,1-2H3,(H,21,24)(H,22,27). The van der Waals surface area contributed by atoms with Crippen LogP contribution in [0, 0.1) is 0 Å². The van der Waals surface area contributed by atoms with E-state index in [1.807, 2.05) is 0 Å². The summed E-state index contributed by atoms with van der Waals surface area (Å²) in [5.41, 5.74) is 0.182. The first-order valence-corrected chi connectivity index (χ1v) is 8.66. The molecule has 2 N–H and O–H groups in total. The summed E-state index contributed by atoms with van der Waals surface area (Å²) in [5.74, 6) is -1.51. The van der Waals surface area contributed by atoms with Crippen molar-refractivity contribution in [3.05, 3.63) is 53.6 Å². The van der Waals surface area contributed by atoms with Crippen LogP contribution in [0.15, 0.2) is 42.5 Å². The number of carbonyl (C=O) groups is 4. The topological polar surface area (TPSA) is 105 Å². The molecule has 28 heavy (non-hydrogen) atoms. The largest absolute Gasteiger partial charge is 0.476 e. The van der Waals surface area contributed by atoms with Gasteiger partial charge in [-0.1, -0.05) is 18.2 Å². The summed E-state index contributed by atoms with van der Waals surface area (Å²) in [4.78, 5) is 50.3. The van der Waals surface area contributed by atoms with Crippen LogP contribution in [0.4, 0.5) is 11.4 Å². The maximum atomic E-state index is 12.5. The molecule has 0 radical (unpaired) electrons. The average Bonchev–Trinajstić information content (AvgIpc) is 2.88. The van der Waals surface area contributed by atoms with E-state index >= 15 is 0 Å². The van der Waals surface area contributed by atoms with Gasteiger partial charge in [0.25, 0.3) is 17.7 Å². The van der Waals surface area contributed by atoms with E-state index in [2.05, 4.69) is 10.6 Å². The van der Waals surface area contributed by atoms with E-state index in [0.29, 0.717) is 17.1 Å². The molecule has 4 rings (SSSR count). The molecule has 0 bridgehead atoms. The van der Waals surface area contributed by atoms with Gasteiger partial charge in [0.15, 0.2) is 5.60 Å². The first-order chi connectivity index (χ1) is 13.3. The molecule has 8 heteroatoms. The van der Waals surface area contributed by atoms with E-state index in [-0.39, 0.29) is 17.0 Å². The molecule has 4 amide bonds. The zero-order valence-corrected chi connectivity index (χ0v) is 15.2. The molecule has 0 aliphatic carbocycles. The maximum absolute atomic E-state index is 12.5. The lowest BCUT2D eigenvalue weighted by molar-refractivity contribution is -0.129. The van der Waals surface area contributed by atoms with Gasteiger partial charge in [-0.05, 0) is 38.1 Å². The van der Waals surface area contributed by atoms with Crippen molar-refractivity contribution < 1.29 is 23.9 Å². The Hall–Kier alpha value is -3.68. The lowest BCUT2D eigenvalue weighted by atomic mass is 10.1. The van der Waals surface area contributed by atoms with E-state index in [0.717, 1.165) is 4.90 Å². The third kappa shape index (κ3) is 2.79. The van der Waals surface area contributed by atoms with Crippen LogP contribution in [0.25, 0.3) is 0 Å². The van der Waals surface area contributed by atoms with Crippen LogP contribution < -0.4 is 15.4 Å². The molecule has 0 fully saturated rings. The lowest BCUT2D eigenvalue weighted by Crippen LogP contribution is -2.46. The van der Waals surface area contributed by atoms with Crippen LogP contribution in [-0.4, -0.2) is 40.7 Å². The number of carbonyl (C=O) groups excluding carboxylic acids is 4. The highest BCUT2D eigenvalue weighted by molar-refractivity contribution is 6.22. The number of nitrogens with zero attached hydrogens (tertiary/aromatic N) is 1. The Morgan fingerprint density at radius 1 is 1.04 bits per heavy atom. The molecule has 142 valence electrons. The molecule has 0 spiro atoms. The van der Waals surface area contributed by atoms with Crippen molar-refractivity contribution in [1.82, 2.24) is 4.90 Å². The van der Waals surface area contributed by atoms with Crippen LogP contribution in [-0.2, 0) is 9.59 Å². The van der Waals surface area contributed by atoms with Crippen molar-refractivity contribution >= 4 is 35.0 Å². The van der Waals surface area contributed by atoms with Gasteiger partial charge < -0.3 is 15.4 Å². The number of benzene rings is 2. The number of amides is 4. The monoisotopic (exact) mass is 379 g/mol. The van der Waals surface area contributed by atoms with Gasteiger partial charge >= 0.3 is 0 Å². The summed E-state index contributed by atoms with van der Waals surface area (Å²) in [5, 5.41) is 5.36. The summed E-state index contributed by atoms with van der Waals surface area (Å²) in [7, 11) is 0. The molecule has 0 aromatic heterocycles. The van der Waals surface area contributed by atoms with E-state index < -0.39 is 29.9 Å². The minimum atomic E-state index is -1.03. The van der Waals surface area contributed by atoms with Crippen molar-refractivity contribution in [2.24, 2.45) is 0 Å². The fourth-order valence-electron chi connectivity index (χ4n) is 3.15. The van der Waals surface area contributed by atoms with Gasteiger partial charge in [0.05, 0.1) is 16.8 Å². The summed E-state index contributed by atoms with van der Waals surface area (Å²) in [6, 6.07) is 11.4. The third-order valence-electron chi connectivity index (χ3n) is 4.63. The van der Waals surface area contributed by atoms with Crippen molar-refractivity contribution in [2.75, 3.05) is 17.2 Å². The van der Waals surface area contributed by atoms with Crippen molar-refractivity contribution in [3.63, 3.8) is 0 Å².